The summed E-state index contributed by atoms with van der Waals surface area (Å²) in [6.07, 6.45) is 5.78. The molecule has 1 aromatic carbocycles. The largest absolute Gasteiger partial charge is 0.320 e. The van der Waals surface area contributed by atoms with E-state index >= 15 is 0 Å². The van der Waals surface area contributed by atoms with Crippen LogP contribution in [0.3, 0.4) is 0 Å². The van der Waals surface area contributed by atoms with Crippen molar-refractivity contribution in [1.29, 1.82) is 0 Å². The molecule has 0 radical (unpaired) electrons. The highest BCUT2D eigenvalue weighted by atomic mass is 79.9. The van der Waals surface area contributed by atoms with Gasteiger partial charge in [0.05, 0.1) is 10.0 Å². The van der Waals surface area contributed by atoms with Crippen LogP contribution < -0.4 is 4.80 Å². The summed E-state index contributed by atoms with van der Waals surface area (Å²) < 4.78 is 2.43. The number of hydrogen-bond donors (Lipinski definition) is 0. The average Bonchev–Trinajstić information content (AvgIpc) is 2.91. The summed E-state index contributed by atoms with van der Waals surface area (Å²) in [4.78, 5) is 5.95. The lowest BCUT2D eigenvalue weighted by atomic mass is 9.62. The van der Waals surface area contributed by atoms with Crippen molar-refractivity contribution >= 4 is 51.5 Å². The van der Waals surface area contributed by atoms with Crippen molar-refractivity contribution in [1.82, 2.24) is 4.57 Å². The molecule has 1 aromatic heterocycles. The van der Waals surface area contributed by atoms with Crippen LogP contribution in [0, 0.1) is 0 Å². The van der Waals surface area contributed by atoms with Gasteiger partial charge >= 0.3 is 0 Å². The number of rotatable bonds is 6. The smallest absolute Gasteiger partial charge is 0.184 e. The first-order valence-electron chi connectivity index (χ1n) is 8.77. The molecule has 1 fully saturated rings. The van der Waals surface area contributed by atoms with Crippen molar-refractivity contribution in [3.63, 3.8) is 0 Å². The molecule has 2 nitrogen and oxygen atoms in total. The number of hydrogen-bond acceptors (Lipinski definition) is 2. The SMILES string of the molecule is Br.CCC/N=c1\scc(C2(c3ccc(Cl)c(Cl)c3)CCC2)n1CCC. The van der Waals surface area contributed by atoms with Crippen LogP contribution >= 0.6 is 51.5 Å². The van der Waals surface area contributed by atoms with Crippen molar-refractivity contribution in [3.05, 3.63) is 49.7 Å². The Kier molecular flexibility index (Phi) is 7.63. The molecule has 0 unspecified atom stereocenters. The van der Waals surface area contributed by atoms with Crippen molar-refractivity contribution in [2.24, 2.45) is 4.99 Å². The first-order chi connectivity index (χ1) is 11.6. The molecule has 0 aliphatic heterocycles. The van der Waals surface area contributed by atoms with Gasteiger partial charge in [-0.05, 0) is 43.4 Å². The van der Waals surface area contributed by atoms with Crippen molar-refractivity contribution < 1.29 is 0 Å². The fourth-order valence-corrected chi connectivity index (χ4v) is 4.85. The lowest BCUT2D eigenvalue weighted by molar-refractivity contribution is 0.282. The van der Waals surface area contributed by atoms with Gasteiger partial charge in [-0.3, -0.25) is 4.99 Å². The highest BCUT2D eigenvalue weighted by molar-refractivity contribution is 8.93. The van der Waals surface area contributed by atoms with Gasteiger partial charge in [-0.1, -0.05) is 49.5 Å². The molecule has 0 saturated heterocycles. The minimum atomic E-state index is 0. The summed E-state index contributed by atoms with van der Waals surface area (Å²) in [6, 6.07) is 6.13. The number of thiazole rings is 1. The van der Waals surface area contributed by atoms with E-state index in [2.05, 4.69) is 35.9 Å². The fourth-order valence-electron chi connectivity index (χ4n) is 3.50. The zero-order valence-corrected chi connectivity index (χ0v) is 18.8. The second-order valence-corrected chi connectivity index (χ2v) is 8.15. The van der Waals surface area contributed by atoms with E-state index in [9.17, 15) is 0 Å². The summed E-state index contributed by atoms with van der Waals surface area (Å²) in [5.41, 5.74) is 2.75. The Hall–Kier alpha value is -0.290. The predicted octanol–water partition coefficient (Wildman–Crippen LogP) is 6.63. The Balaban J connectivity index is 0.00000225. The van der Waals surface area contributed by atoms with Gasteiger partial charge in [-0.2, -0.15) is 0 Å². The maximum absolute atomic E-state index is 6.31. The topological polar surface area (TPSA) is 17.3 Å². The van der Waals surface area contributed by atoms with Gasteiger partial charge in [-0.25, -0.2) is 0 Å². The summed E-state index contributed by atoms with van der Waals surface area (Å²) in [7, 11) is 0. The molecule has 0 amide bonds. The molecule has 0 bridgehead atoms. The fraction of sp³-hybridized carbons (Fsp3) is 0.526. The molecule has 1 aliphatic rings. The first-order valence-corrected chi connectivity index (χ1v) is 10.4. The number of aromatic nitrogens is 1. The Bertz CT molecular complexity index is 778. The Morgan fingerprint density at radius 3 is 2.48 bits per heavy atom. The summed E-state index contributed by atoms with van der Waals surface area (Å²) in [5.74, 6) is 0. The van der Waals surface area contributed by atoms with E-state index in [1.54, 1.807) is 11.3 Å². The Morgan fingerprint density at radius 1 is 1.16 bits per heavy atom. The maximum atomic E-state index is 6.31. The van der Waals surface area contributed by atoms with E-state index in [1.165, 1.54) is 30.5 Å². The molecular formula is C19H25BrCl2N2S. The highest BCUT2D eigenvalue weighted by Crippen LogP contribution is 2.50. The van der Waals surface area contributed by atoms with Crippen LogP contribution in [0.2, 0.25) is 10.0 Å². The molecule has 6 heteroatoms. The molecular weight excluding hydrogens is 439 g/mol. The van der Waals surface area contributed by atoms with E-state index in [-0.39, 0.29) is 22.4 Å². The monoisotopic (exact) mass is 462 g/mol. The van der Waals surface area contributed by atoms with E-state index in [0.717, 1.165) is 30.7 Å². The third-order valence-corrected chi connectivity index (χ3v) is 6.53. The minimum absolute atomic E-state index is 0. The molecule has 0 spiro atoms. The maximum Gasteiger partial charge on any atom is 0.184 e. The lowest BCUT2D eigenvalue weighted by Crippen LogP contribution is -2.39. The molecule has 138 valence electrons. The third kappa shape index (κ3) is 4.02. The Morgan fingerprint density at radius 2 is 1.92 bits per heavy atom. The van der Waals surface area contributed by atoms with E-state index < -0.39 is 0 Å². The molecule has 1 aliphatic carbocycles. The zero-order valence-electron chi connectivity index (χ0n) is 14.7. The van der Waals surface area contributed by atoms with E-state index in [0.29, 0.717) is 10.0 Å². The Labute approximate surface area is 174 Å². The summed E-state index contributed by atoms with van der Waals surface area (Å²) in [6.45, 7) is 6.31. The highest BCUT2D eigenvalue weighted by Gasteiger charge is 2.43. The second kappa shape index (κ2) is 9.07. The van der Waals surface area contributed by atoms with Crippen molar-refractivity contribution in [2.45, 2.75) is 57.9 Å². The quantitative estimate of drug-likeness (QED) is 0.457. The van der Waals surface area contributed by atoms with Gasteiger partial charge in [0.1, 0.15) is 0 Å². The molecule has 25 heavy (non-hydrogen) atoms. The van der Waals surface area contributed by atoms with Crippen LogP contribution in [-0.4, -0.2) is 11.1 Å². The van der Waals surface area contributed by atoms with Crippen LogP contribution in [0.1, 0.15) is 57.2 Å². The van der Waals surface area contributed by atoms with Crippen molar-refractivity contribution in [2.75, 3.05) is 6.54 Å². The van der Waals surface area contributed by atoms with Gasteiger partial charge in [0.25, 0.3) is 0 Å². The van der Waals surface area contributed by atoms with Crippen LogP contribution in [0.4, 0.5) is 0 Å². The molecule has 1 saturated carbocycles. The van der Waals surface area contributed by atoms with Gasteiger partial charge < -0.3 is 4.57 Å². The minimum Gasteiger partial charge on any atom is -0.320 e. The summed E-state index contributed by atoms with van der Waals surface area (Å²) >= 11 is 14.2. The molecule has 3 rings (SSSR count). The van der Waals surface area contributed by atoms with Gasteiger partial charge in [-0.15, -0.1) is 28.3 Å². The molecule has 2 aromatic rings. The van der Waals surface area contributed by atoms with Crippen LogP contribution in [-0.2, 0) is 12.0 Å². The predicted molar refractivity (Wildman–Crippen MR) is 115 cm³/mol. The lowest BCUT2D eigenvalue weighted by Gasteiger charge is -2.43. The average molecular weight is 464 g/mol. The first kappa shape index (κ1) is 21.0. The van der Waals surface area contributed by atoms with Crippen LogP contribution in [0.5, 0.6) is 0 Å². The van der Waals surface area contributed by atoms with E-state index in [1.807, 2.05) is 6.07 Å². The second-order valence-electron chi connectivity index (χ2n) is 6.50. The standard InChI is InChI=1S/C19H24Cl2N2S.BrH/c1-3-10-22-18-23(11-4-2)17(13-24-18)19(8-5-9-19)14-6-7-15(20)16(21)12-14;/h6-7,12-13H,3-5,8-11H2,1-2H3;1H/b22-18-;. The van der Waals surface area contributed by atoms with Gasteiger partial charge in [0.2, 0.25) is 0 Å². The third-order valence-electron chi connectivity index (χ3n) is 4.89. The van der Waals surface area contributed by atoms with Crippen molar-refractivity contribution in [3.8, 4) is 0 Å². The molecule has 1 heterocycles. The summed E-state index contributed by atoms with van der Waals surface area (Å²) in [5, 5.41) is 3.58. The zero-order chi connectivity index (χ0) is 17.2. The number of nitrogens with zero attached hydrogens (tertiary/aromatic N) is 2. The van der Waals surface area contributed by atoms with Crippen LogP contribution in [0.25, 0.3) is 0 Å². The van der Waals surface area contributed by atoms with Gasteiger partial charge in [0, 0.05) is 29.6 Å². The number of halogens is 3. The van der Waals surface area contributed by atoms with Crippen LogP contribution in [0.15, 0.2) is 28.6 Å². The number of benzene rings is 1. The normalized spacial score (nSPS) is 16.4. The molecule has 0 N–H and O–H groups in total. The van der Waals surface area contributed by atoms with Gasteiger partial charge in [0.15, 0.2) is 4.80 Å². The van der Waals surface area contributed by atoms with E-state index in [4.69, 9.17) is 28.2 Å². The molecule has 0 atom stereocenters.